The van der Waals surface area contributed by atoms with E-state index in [0.717, 1.165) is 32.3 Å². The van der Waals surface area contributed by atoms with Crippen LogP contribution in [0.5, 0.6) is 0 Å². The summed E-state index contributed by atoms with van der Waals surface area (Å²) in [5.41, 5.74) is 1.00. The molecule has 150 valence electrons. The topological polar surface area (TPSA) is 38.8 Å². The average Bonchev–Trinajstić information content (AvgIpc) is 3.15. The Bertz CT molecular complexity index is 797. The van der Waals surface area contributed by atoms with Crippen molar-refractivity contribution in [2.45, 2.75) is 64.8 Å². The molecular weight excluding hydrogens is 348 g/mol. The van der Waals surface area contributed by atoms with Gasteiger partial charge in [-0.1, -0.05) is 63.3 Å². The lowest BCUT2D eigenvalue weighted by molar-refractivity contribution is -0.130. The molecule has 1 aromatic carbocycles. The van der Waals surface area contributed by atoms with Crippen LogP contribution in [-0.4, -0.2) is 24.1 Å². The van der Waals surface area contributed by atoms with Crippen LogP contribution in [-0.2, 0) is 20.9 Å². The molecule has 1 heterocycles. The smallest absolute Gasteiger partial charge is 0.169 e. The first-order valence-corrected chi connectivity index (χ1v) is 11.0. The van der Waals surface area contributed by atoms with Gasteiger partial charge in [0.2, 0.25) is 0 Å². The highest BCUT2D eigenvalue weighted by Crippen LogP contribution is 2.79. The molecule has 5 unspecified atom stereocenters. The number of rotatable bonds is 7. The van der Waals surface area contributed by atoms with Gasteiger partial charge in [0, 0.05) is 17.9 Å². The lowest BCUT2D eigenvalue weighted by Crippen LogP contribution is -2.42. The van der Waals surface area contributed by atoms with E-state index in [1.54, 1.807) is 0 Å². The van der Waals surface area contributed by atoms with Gasteiger partial charge in [0.25, 0.3) is 0 Å². The van der Waals surface area contributed by atoms with Gasteiger partial charge in [0.1, 0.15) is 11.7 Å². The third kappa shape index (κ3) is 2.26. The van der Waals surface area contributed by atoms with Crippen LogP contribution in [0.25, 0.3) is 0 Å². The minimum atomic E-state index is -0.228. The molecule has 3 heteroatoms. The number of allylic oxidation sites excluding steroid dienone is 1. The number of hydrogen-bond donors (Lipinski definition) is 0. The Balaban J connectivity index is 1.23. The first-order valence-electron chi connectivity index (χ1n) is 11.0. The second-order valence-corrected chi connectivity index (χ2v) is 10.0. The normalized spacial score (nSPS) is 41.8. The largest absolute Gasteiger partial charge is 0.377 e. The predicted octanol–water partition coefficient (Wildman–Crippen LogP) is 4.95. The van der Waals surface area contributed by atoms with Gasteiger partial charge in [0.05, 0.1) is 6.61 Å². The number of ketones is 1. The molecule has 3 fully saturated rings. The van der Waals surface area contributed by atoms with Gasteiger partial charge >= 0.3 is 0 Å². The predicted molar refractivity (Wildman–Crippen MR) is 109 cm³/mol. The number of unbranched alkanes of at least 4 members (excludes halogenated alkanes) is 1. The molecule has 0 aromatic heterocycles. The van der Waals surface area contributed by atoms with Crippen LogP contribution in [0.3, 0.4) is 0 Å². The number of ether oxygens (including phenoxy) is 2. The third-order valence-corrected chi connectivity index (χ3v) is 8.56. The number of epoxide rings is 1. The number of carbonyl (C=O) groups is 1. The Hall–Kier alpha value is -1.45. The Kier molecular flexibility index (Phi) is 4.16. The van der Waals surface area contributed by atoms with Crippen molar-refractivity contribution in [3.8, 4) is 0 Å². The van der Waals surface area contributed by atoms with Gasteiger partial charge in [-0.3, -0.25) is 4.79 Å². The van der Waals surface area contributed by atoms with E-state index in [9.17, 15) is 4.79 Å². The van der Waals surface area contributed by atoms with Gasteiger partial charge in [-0.25, -0.2) is 0 Å². The Morgan fingerprint density at radius 2 is 1.96 bits per heavy atom. The van der Waals surface area contributed by atoms with E-state index in [0.29, 0.717) is 24.2 Å². The molecule has 2 saturated carbocycles. The SMILES string of the molecule is C[C@@H]1C2CC=CC23C(C(=O)C2OC23CCCCOCc2ccccc2)C1(C)C. The molecule has 1 spiro atoms. The molecule has 0 radical (unpaired) electrons. The summed E-state index contributed by atoms with van der Waals surface area (Å²) in [5.74, 6) is 1.61. The lowest BCUT2D eigenvalue weighted by atomic mass is 9.65. The maximum atomic E-state index is 13.2. The van der Waals surface area contributed by atoms with Crippen LogP contribution in [0.1, 0.15) is 52.0 Å². The van der Waals surface area contributed by atoms with Crippen molar-refractivity contribution in [1.82, 2.24) is 0 Å². The zero-order valence-corrected chi connectivity index (χ0v) is 17.3. The lowest BCUT2D eigenvalue weighted by Gasteiger charge is -2.38. The quantitative estimate of drug-likeness (QED) is 0.382. The van der Waals surface area contributed by atoms with Crippen LogP contribution in [0.15, 0.2) is 42.5 Å². The number of hydrogen-bond acceptors (Lipinski definition) is 3. The molecule has 1 aliphatic heterocycles. The second kappa shape index (κ2) is 6.27. The molecule has 0 amide bonds. The molecular formula is C25H32O3. The minimum absolute atomic E-state index is 0.0530. The maximum absolute atomic E-state index is 13.2. The molecule has 3 aliphatic carbocycles. The highest BCUT2D eigenvalue weighted by Gasteiger charge is 2.86. The Morgan fingerprint density at radius 1 is 1.18 bits per heavy atom. The summed E-state index contributed by atoms with van der Waals surface area (Å²) in [6, 6.07) is 10.3. The summed E-state index contributed by atoms with van der Waals surface area (Å²) >= 11 is 0. The fourth-order valence-electron chi connectivity index (χ4n) is 7.06. The fourth-order valence-corrected chi connectivity index (χ4v) is 7.06. The highest BCUT2D eigenvalue weighted by atomic mass is 16.6. The third-order valence-electron chi connectivity index (χ3n) is 8.56. The maximum Gasteiger partial charge on any atom is 0.169 e. The van der Waals surface area contributed by atoms with Gasteiger partial charge in [0.15, 0.2) is 5.78 Å². The molecule has 0 N–H and O–H groups in total. The van der Waals surface area contributed by atoms with E-state index >= 15 is 0 Å². The summed E-state index contributed by atoms with van der Waals surface area (Å²) in [7, 11) is 0. The molecule has 5 rings (SSSR count). The number of fused-ring (bicyclic) bond motifs is 1. The van der Waals surface area contributed by atoms with Crippen molar-refractivity contribution in [2.75, 3.05) is 6.61 Å². The number of benzene rings is 1. The molecule has 28 heavy (non-hydrogen) atoms. The van der Waals surface area contributed by atoms with E-state index in [1.807, 2.05) is 18.2 Å². The van der Waals surface area contributed by atoms with E-state index < -0.39 is 0 Å². The zero-order valence-electron chi connectivity index (χ0n) is 17.3. The van der Waals surface area contributed by atoms with E-state index in [4.69, 9.17) is 9.47 Å². The molecule has 1 saturated heterocycles. The van der Waals surface area contributed by atoms with Gasteiger partial charge in [-0.15, -0.1) is 0 Å². The minimum Gasteiger partial charge on any atom is -0.377 e. The summed E-state index contributed by atoms with van der Waals surface area (Å²) in [4.78, 5) is 13.2. The first-order chi connectivity index (χ1) is 13.4. The number of Topliss-reactive ketones (excluding diaryl/α,β-unsaturated/α-hetero) is 1. The Labute approximate surface area is 168 Å². The van der Waals surface area contributed by atoms with Crippen molar-refractivity contribution in [3.63, 3.8) is 0 Å². The summed E-state index contributed by atoms with van der Waals surface area (Å²) in [6.45, 7) is 8.41. The van der Waals surface area contributed by atoms with Crippen molar-refractivity contribution in [3.05, 3.63) is 48.0 Å². The van der Waals surface area contributed by atoms with Crippen molar-refractivity contribution in [2.24, 2.45) is 28.6 Å². The van der Waals surface area contributed by atoms with Gasteiger partial charge in [-0.05, 0) is 48.5 Å². The van der Waals surface area contributed by atoms with E-state index in [-0.39, 0.29) is 28.5 Å². The van der Waals surface area contributed by atoms with Crippen LogP contribution in [0.2, 0.25) is 0 Å². The van der Waals surface area contributed by atoms with Crippen LogP contribution in [0, 0.1) is 28.6 Å². The Morgan fingerprint density at radius 3 is 2.75 bits per heavy atom. The zero-order chi connectivity index (χ0) is 19.6. The average molecular weight is 381 g/mol. The highest BCUT2D eigenvalue weighted by molar-refractivity contribution is 5.96. The first kappa shape index (κ1) is 18.6. The van der Waals surface area contributed by atoms with Crippen molar-refractivity contribution in [1.29, 1.82) is 0 Å². The monoisotopic (exact) mass is 380 g/mol. The van der Waals surface area contributed by atoms with E-state index in [1.165, 1.54) is 5.56 Å². The molecule has 0 bridgehead atoms. The summed E-state index contributed by atoms with van der Waals surface area (Å²) in [5, 5.41) is 0. The fraction of sp³-hybridized carbons (Fsp3) is 0.640. The molecule has 6 atom stereocenters. The van der Waals surface area contributed by atoms with E-state index in [2.05, 4.69) is 45.1 Å². The van der Waals surface area contributed by atoms with Crippen LogP contribution < -0.4 is 0 Å². The van der Waals surface area contributed by atoms with Crippen LogP contribution in [0.4, 0.5) is 0 Å². The molecule has 1 aromatic rings. The van der Waals surface area contributed by atoms with Crippen molar-refractivity contribution >= 4 is 5.78 Å². The van der Waals surface area contributed by atoms with Gasteiger partial charge in [-0.2, -0.15) is 0 Å². The number of carbonyl (C=O) groups excluding carboxylic acids is 1. The standard InChI is InChI=1S/C25H32O3/c1-17-19-12-9-13-24(19)21(23(17,2)3)20(26)22-25(24,28-22)14-7-8-15-27-16-18-10-5-4-6-11-18/h4-6,9-11,13,17,19,21-22H,7-8,12,14-16H2,1-3H3/t17-,19?,21?,22?,24?,25?/m1/s1. The van der Waals surface area contributed by atoms with Crippen LogP contribution >= 0.6 is 0 Å². The summed E-state index contributed by atoms with van der Waals surface area (Å²) < 4.78 is 12.1. The van der Waals surface area contributed by atoms with Crippen molar-refractivity contribution < 1.29 is 14.3 Å². The second-order valence-electron chi connectivity index (χ2n) is 10.0. The summed E-state index contributed by atoms with van der Waals surface area (Å²) in [6.07, 6.45) is 8.73. The van der Waals surface area contributed by atoms with Gasteiger partial charge < -0.3 is 9.47 Å². The molecule has 3 nitrogen and oxygen atoms in total. The molecule has 4 aliphatic rings.